The van der Waals surface area contributed by atoms with Gasteiger partial charge in [0, 0.05) is 25.1 Å². The largest absolute Gasteiger partial charge is 0.454 e. The minimum absolute atomic E-state index is 0.0398. The second-order valence-corrected chi connectivity index (χ2v) is 13.2. The zero-order valence-electron chi connectivity index (χ0n) is 24.7. The molecule has 1 saturated carbocycles. The van der Waals surface area contributed by atoms with Gasteiger partial charge in [0.2, 0.25) is 28.6 Å². The highest BCUT2D eigenvalue weighted by molar-refractivity contribution is 7.92. The van der Waals surface area contributed by atoms with Crippen molar-refractivity contribution in [3.63, 3.8) is 0 Å². The van der Waals surface area contributed by atoms with Gasteiger partial charge in [-0.1, -0.05) is 73.9 Å². The van der Waals surface area contributed by atoms with Crippen molar-refractivity contribution in [2.24, 2.45) is 0 Å². The topological polar surface area (TPSA) is 105 Å². The third-order valence-corrected chi connectivity index (χ3v) is 9.29. The predicted molar refractivity (Wildman–Crippen MR) is 165 cm³/mol. The van der Waals surface area contributed by atoms with Gasteiger partial charge >= 0.3 is 0 Å². The number of fused-ring (bicyclic) bond motifs is 1. The molecule has 9 nitrogen and oxygen atoms in total. The van der Waals surface area contributed by atoms with Crippen LogP contribution in [0.5, 0.6) is 11.5 Å². The van der Waals surface area contributed by atoms with Crippen LogP contribution in [0, 0.1) is 6.92 Å². The van der Waals surface area contributed by atoms with Crippen LogP contribution in [-0.2, 0) is 32.6 Å². The lowest BCUT2D eigenvalue weighted by molar-refractivity contribution is -0.140. The first-order chi connectivity index (χ1) is 20.7. The molecule has 1 fully saturated rings. The summed E-state index contributed by atoms with van der Waals surface area (Å²) in [7, 11) is -3.88. The molecule has 1 aliphatic heterocycles. The van der Waals surface area contributed by atoms with Crippen LogP contribution in [0.25, 0.3) is 0 Å². The SMILES string of the molecule is Cc1ccccc1CN(C(=O)CN(c1ccc2c(c1)OCO2)S(C)(=O)=O)C(Cc1ccccc1)C(=O)NC1CCCCC1. The van der Waals surface area contributed by atoms with E-state index in [9.17, 15) is 18.0 Å². The molecule has 1 aliphatic carbocycles. The van der Waals surface area contributed by atoms with Crippen LogP contribution >= 0.6 is 0 Å². The lowest BCUT2D eigenvalue weighted by Gasteiger charge is -2.35. The van der Waals surface area contributed by atoms with Gasteiger partial charge < -0.3 is 19.7 Å². The van der Waals surface area contributed by atoms with Gasteiger partial charge in [0.15, 0.2) is 11.5 Å². The van der Waals surface area contributed by atoms with Gasteiger partial charge in [0.1, 0.15) is 12.6 Å². The number of carbonyl (C=O) groups excluding carboxylic acids is 2. The molecule has 1 N–H and O–H groups in total. The fourth-order valence-electron chi connectivity index (χ4n) is 5.72. The molecule has 3 aromatic carbocycles. The summed E-state index contributed by atoms with van der Waals surface area (Å²) in [6.07, 6.45) is 6.42. The summed E-state index contributed by atoms with van der Waals surface area (Å²) in [6.45, 7) is 1.67. The van der Waals surface area contributed by atoms with Gasteiger partial charge in [-0.25, -0.2) is 8.42 Å². The number of nitrogens with zero attached hydrogens (tertiary/aromatic N) is 2. The predicted octanol–water partition coefficient (Wildman–Crippen LogP) is 4.58. The average molecular weight is 606 g/mol. The maximum atomic E-state index is 14.3. The summed E-state index contributed by atoms with van der Waals surface area (Å²) in [5.41, 5.74) is 3.04. The van der Waals surface area contributed by atoms with Gasteiger partial charge in [0.05, 0.1) is 11.9 Å². The molecule has 1 atom stereocenters. The summed E-state index contributed by atoms with van der Waals surface area (Å²) in [4.78, 5) is 29.9. The highest BCUT2D eigenvalue weighted by atomic mass is 32.2. The van der Waals surface area contributed by atoms with E-state index >= 15 is 0 Å². The Labute approximate surface area is 253 Å². The first-order valence-electron chi connectivity index (χ1n) is 14.7. The Bertz CT molecular complexity index is 1540. The molecule has 0 spiro atoms. The first kappa shape index (κ1) is 30.4. The number of rotatable bonds is 11. The number of benzene rings is 3. The van der Waals surface area contributed by atoms with Gasteiger partial charge in [-0.15, -0.1) is 0 Å². The monoisotopic (exact) mass is 605 g/mol. The number of hydrogen-bond acceptors (Lipinski definition) is 6. The average Bonchev–Trinajstić information content (AvgIpc) is 3.47. The number of hydrogen-bond donors (Lipinski definition) is 1. The summed E-state index contributed by atoms with van der Waals surface area (Å²) in [6, 6.07) is 21.3. The summed E-state index contributed by atoms with van der Waals surface area (Å²) in [5, 5.41) is 3.22. The third-order valence-electron chi connectivity index (χ3n) is 8.15. The molecular weight excluding hydrogens is 566 g/mol. The third kappa shape index (κ3) is 7.67. The Kier molecular flexibility index (Phi) is 9.55. The quantitative estimate of drug-likeness (QED) is 0.343. The molecule has 1 unspecified atom stereocenters. The zero-order chi connectivity index (χ0) is 30.4. The van der Waals surface area contributed by atoms with Gasteiger partial charge in [-0.2, -0.15) is 0 Å². The number of ether oxygens (including phenoxy) is 2. The number of aryl methyl sites for hydroxylation is 1. The number of anilines is 1. The van der Waals surface area contributed by atoms with E-state index in [0.29, 0.717) is 17.9 Å². The Hall–Kier alpha value is -4.05. The molecular formula is C33H39N3O6S. The minimum Gasteiger partial charge on any atom is -0.454 e. The number of nitrogens with one attached hydrogen (secondary N) is 1. The Morgan fingerprint density at radius 3 is 2.35 bits per heavy atom. The van der Waals surface area contributed by atoms with Crippen LogP contribution in [0.1, 0.15) is 48.8 Å². The standard InChI is InChI=1S/C33H39N3O6S/c1-24-11-9-10-14-26(24)21-35(29(19-25-12-5-3-6-13-25)33(38)34-27-15-7-4-8-16-27)32(37)22-36(43(2,39)40)28-17-18-30-31(20-28)42-23-41-30/h3,5-6,9-14,17-18,20,27,29H,4,7-8,15-16,19,21-23H2,1-2H3,(H,34,38). The number of carbonyl (C=O) groups is 2. The molecule has 0 aromatic heterocycles. The summed E-state index contributed by atoms with van der Waals surface area (Å²) < 4.78 is 38.0. The molecule has 1 heterocycles. The van der Waals surface area contributed by atoms with E-state index in [1.165, 1.54) is 0 Å². The van der Waals surface area contributed by atoms with E-state index in [4.69, 9.17) is 9.47 Å². The van der Waals surface area contributed by atoms with Gasteiger partial charge in [-0.3, -0.25) is 13.9 Å². The Morgan fingerprint density at radius 2 is 1.63 bits per heavy atom. The van der Waals surface area contributed by atoms with E-state index in [-0.39, 0.29) is 31.0 Å². The highest BCUT2D eigenvalue weighted by Gasteiger charge is 2.34. The number of sulfonamides is 1. The van der Waals surface area contributed by atoms with Crippen molar-refractivity contribution in [1.82, 2.24) is 10.2 Å². The second kappa shape index (κ2) is 13.5. The zero-order valence-corrected chi connectivity index (χ0v) is 25.5. The highest BCUT2D eigenvalue weighted by Crippen LogP contribution is 2.36. The van der Waals surface area contributed by atoms with Crippen molar-refractivity contribution in [3.05, 3.63) is 89.5 Å². The lowest BCUT2D eigenvalue weighted by Crippen LogP contribution is -2.55. The smallest absolute Gasteiger partial charge is 0.244 e. The first-order valence-corrected chi connectivity index (χ1v) is 16.6. The van der Waals surface area contributed by atoms with Crippen LogP contribution in [0.3, 0.4) is 0 Å². The molecule has 0 bridgehead atoms. The Morgan fingerprint density at radius 1 is 0.930 bits per heavy atom. The van der Waals surface area contributed by atoms with Gasteiger partial charge in [-0.05, 0) is 48.6 Å². The van der Waals surface area contributed by atoms with E-state index in [1.54, 1.807) is 23.1 Å². The molecule has 228 valence electrons. The van der Waals surface area contributed by atoms with Crippen LogP contribution in [-0.4, -0.2) is 56.8 Å². The molecule has 43 heavy (non-hydrogen) atoms. The number of amides is 2. The molecule has 5 rings (SSSR count). The molecule has 0 saturated heterocycles. The van der Waals surface area contributed by atoms with E-state index in [1.807, 2.05) is 61.5 Å². The van der Waals surface area contributed by atoms with Crippen molar-refractivity contribution in [2.45, 2.75) is 64.1 Å². The van der Waals surface area contributed by atoms with Crippen molar-refractivity contribution < 1.29 is 27.5 Å². The lowest BCUT2D eigenvalue weighted by atomic mass is 9.94. The summed E-state index contributed by atoms with van der Waals surface area (Å²) >= 11 is 0. The van der Waals surface area contributed by atoms with Crippen molar-refractivity contribution in [2.75, 3.05) is 23.9 Å². The Balaban J connectivity index is 1.51. The van der Waals surface area contributed by atoms with Crippen molar-refractivity contribution in [3.8, 4) is 11.5 Å². The maximum Gasteiger partial charge on any atom is 0.244 e. The minimum atomic E-state index is -3.88. The molecule has 2 amide bonds. The second-order valence-electron chi connectivity index (χ2n) is 11.3. The van der Waals surface area contributed by atoms with Crippen molar-refractivity contribution in [1.29, 1.82) is 0 Å². The molecule has 3 aromatic rings. The molecule has 0 radical (unpaired) electrons. The summed E-state index contributed by atoms with van der Waals surface area (Å²) in [5.74, 6) is 0.203. The van der Waals surface area contributed by atoms with Crippen LogP contribution in [0.15, 0.2) is 72.8 Å². The van der Waals surface area contributed by atoms with Crippen molar-refractivity contribution >= 4 is 27.5 Å². The van der Waals surface area contributed by atoms with Crippen LogP contribution in [0.4, 0.5) is 5.69 Å². The normalized spacial score (nSPS) is 15.5. The van der Waals surface area contributed by atoms with Crippen LogP contribution < -0.4 is 19.1 Å². The van der Waals surface area contributed by atoms with Crippen LogP contribution in [0.2, 0.25) is 0 Å². The van der Waals surface area contributed by atoms with E-state index in [2.05, 4.69) is 5.32 Å². The fraction of sp³-hybridized carbons (Fsp3) is 0.394. The van der Waals surface area contributed by atoms with E-state index in [0.717, 1.165) is 59.4 Å². The van der Waals surface area contributed by atoms with Gasteiger partial charge in [0.25, 0.3) is 0 Å². The van der Waals surface area contributed by atoms with E-state index < -0.39 is 28.5 Å². The molecule has 10 heteroatoms. The molecule has 2 aliphatic rings. The maximum absolute atomic E-state index is 14.3. The fourth-order valence-corrected chi connectivity index (χ4v) is 6.56.